The lowest BCUT2D eigenvalue weighted by atomic mass is 9.67. The lowest BCUT2D eigenvalue weighted by Gasteiger charge is -2.40. The Balaban J connectivity index is 7.33. The van der Waals surface area contributed by atoms with Crippen molar-refractivity contribution in [3.8, 4) is 0 Å². The molecule has 0 spiro atoms. The minimum atomic E-state index is -7.68. The average molecular weight is 392 g/mol. The SMILES string of the molecule is O=C(O)C(C(=O)O)(C(=O)O)C(F)(C(=O)O)C(F)(F)C(F)(F)C(F)(F)F. The Morgan fingerprint density at radius 2 is 0.800 bits per heavy atom. The molecule has 0 heterocycles. The molecule has 0 fully saturated rings. The molecular formula is C9H4F8O8. The van der Waals surface area contributed by atoms with Crippen LogP contribution in [0.15, 0.2) is 0 Å². The first-order chi connectivity index (χ1) is 10.8. The van der Waals surface area contributed by atoms with E-state index in [9.17, 15) is 54.3 Å². The zero-order valence-electron chi connectivity index (χ0n) is 10.9. The summed E-state index contributed by atoms with van der Waals surface area (Å²) in [6, 6.07) is 0. The van der Waals surface area contributed by atoms with Gasteiger partial charge in [0.1, 0.15) is 0 Å². The molecule has 16 heteroatoms. The van der Waals surface area contributed by atoms with Crippen LogP contribution in [-0.4, -0.2) is 68.0 Å². The fraction of sp³-hybridized carbons (Fsp3) is 0.556. The average Bonchev–Trinajstić information content (AvgIpc) is 2.35. The second kappa shape index (κ2) is 5.69. The summed E-state index contributed by atoms with van der Waals surface area (Å²) in [5.41, 5.74) is -12.9. The van der Waals surface area contributed by atoms with Crippen molar-refractivity contribution in [2.45, 2.75) is 23.7 Å². The van der Waals surface area contributed by atoms with Crippen molar-refractivity contribution in [1.82, 2.24) is 0 Å². The van der Waals surface area contributed by atoms with Crippen LogP contribution in [0.2, 0.25) is 0 Å². The van der Waals surface area contributed by atoms with Gasteiger partial charge in [0, 0.05) is 0 Å². The molecule has 0 aromatic heterocycles. The van der Waals surface area contributed by atoms with Crippen LogP contribution in [0.4, 0.5) is 35.1 Å². The van der Waals surface area contributed by atoms with Crippen LogP contribution in [0.5, 0.6) is 0 Å². The molecule has 0 aliphatic heterocycles. The highest BCUT2D eigenvalue weighted by molar-refractivity contribution is 6.21. The Hall–Kier alpha value is -2.68. The molecule has 0 aromatic rings. The molecule has 0 amide bonds. The van der Waals surface area contributed by atoms with E-state index in [0.29, 0.717) is 0 Å². The van der Waals surface area contributed by atoms with Crippen LogP contribution in [0.1, 0.15) is 0 Å². The monoisotopic (exact) mass is 392 g/mol. The quantitative estimate of drug-likeness (QED) is 0.368. The molecule has 25 heavy (non-hydrogen) atoms. The molecule has 8 nitrogen and oxygen atoms in total. The zero-order chi connectivity index (χ0) is 20.8. The topological polar surface area (TPSA) is 149 Å². The van der Waals surface area contributed by atoms with Crippen molar-refractivity contribution >= 4 is 23.9 Å². The molecule has 0 aromatic carbocycles. The highest BCUT2D eigenvalue weighted by atomic mass is 19.4. The lowest BCUT2D eigenvalue weighted by Crippen LogP contribution is -2.76. The Labute approximate surface area is 129 Å². The van der Waals surface area contributed by atoms with Gasteiger partial charge >= 0.3 is 53.0 Å². The van der Waals surface area contributed by atoms with E-state index in [4.69, 9.17) is 20.4 Å². The van der Waals surface area contributed by atoms with E-state index in [2.05, 4.69) is 0 Å². The third kappa shape index (κ3) is 2.42. The van der Waals surface area contributed by atoms with Gasteiger partial charge in [-0.1, -0.05) is 0 Å². The van der Waals surface area contributed by atoms with Gasteiger partial charge < -0.3 is 20.4 Å². The van der Waals surface area contributed by atoms with Gasteiger partial charge in [-0.2, -0.15) is 30.7 Å². The summed E-state index contributed by atoms with van der Waals surface area (Å²) in [5.74, 6) is -30.9. The number of alkyl halides is 8. The molecule has 144 valence electrons. The van der Waals surface area contributed by atoms with Gasteiger partial charge in [0.2, 0.25) is 0 Å². The maximum Gasteiger partial charge on any atom is 0.460 e. The van der Waals surface area contributed by atoms with E-state index < -0.39 is 53.0 Å². The van der Waals surface area contributed by atoms with Gasteiger partial charge in [0.15, 0.2) is 0 Å². The summed E-state index contributed by atoms with van der Waals surface area (Å²) in [4.78, 5) is 42.9. The Morgan fingerprint density at radius 1 is 0.520 bits per heavy atom. The number of carboxylic acids is 4. The van der Waals surface area contributed by atoms with E-state index in [0.717, 1.165) is 0 Å². The Bertz CT molecular complexity index is 590. The van der Waals surface area contributed by atoms with E-state index in [-0.39, 0.29) is 0 Å². The number of halogens is 8. The summed E-state index contributed by atoms with van der Waals surface area (Å²) in [7, 11) is 0. The summed E-state index contributed by atoms with van der Waals surface area (Å²) in [6.45, 7) is 0. The lowest BCUT2D eigenvalue weighted by molar-refractivity contribution is -0.382. The standard InChI is InChI=1S/C9H4F8O8/c10-6(4(24)25,5(1(18)19,2(20)21)3(22)23)7(11,12)8(13,14)9(15,16)17/h(H,18,19)(H,20,21)(H,22,23)(H,24,25). The fourth-order valence-corrected chi connectivity index (χ4v) is 1.64. The fourth-order valence-electron chi connectivity index (χ4n) is 1.64. The van der Waals surface area contributed by atoms with Gasteiger partial charge in [0.05, 0.1) is 0 Å². The van der Waals surface area contributed by atoms with E-state index in [1.165, 1.54) is 0 Å². The van der Waals surface area contributed by atoms with Gasteiger partial charge in [-0.25, -0.2) is 9.18 Å². The molecule has 0 aliphatic rings. The van der Waals surface area contributed by atoms with Gasteiger partial charge in [-0.3, -0.25) is 14.4 Å². The number of aliphatic carboxylic acids is 4. The van der Waals surface area contributed by atoms with Crippen LogP contribution < -0.4 is 0 Å². The van der Waals surface area contributed by atoms with Crippen molar-refractivity contribution in [3.63, 3.8) is 0 Å². The maximum atomic E-state index is 14.3. The summed E-state index contributed by atoms with van der Waals surface area (Å²) in [6.07, 6.45) is -7.41. The highest BCUT2D eigenvalue weighted by Crippen LogP contribution is 2.58. The number of rotatable bonds is 7. The van der Waals surface area contributed by atoms with Crippen molar-refractivity contribution in [2.75, 3.05) is 0 Å². The van der Waals surface area contributed by atoms with E-state index >= 15 is 0 Å². The Kier molecular flexibility index (Phi) is 5.08. The molecule has 4 N–H and O–H groups in total. The smallest absolute Gasteiger partial charge is 0.460 e. The van der Waals surface area contributed by atoms with Crippen molar-refractivity contribution in [3.05, 3.63) is 0 Å². The highest BCUT2D eigenvalue weighted by Gasteiger charge is 2.92. The molecule has 0 aliphatic carbocycles. The van der Waals surface area contributed by atoms with Crippen LogP contribution >= 0.6 is 0 Å². The second-order valence-electron chi connectivity index (χ2n) is 4.28. The number of carboxylic acid groups (broad SMARTS) is 4. The van der Waals surface area contributed by atoms with Gasteiger partial charge in [0.25, 0.3) is 0 Å². The largest absolute Gasteiger partial charge is 0.480 e. The molecular weight excluding hydrogens is 388 g/mol. The third-order valence-electron chi connectivity index (χ3n) is 2.96. The number of hydrogen-bond acceptors (Lipinski definition) is 4. The van der Waals surface area contributed by atoms with Crippen molar-refractivity contribution < 1.29 is 74.7 Å². The van der Waals surface area contributed by atoms with E-state index in [1.807, 2.05) is 0 Å². The van der Waals surface area contributed by atoms with Gasteiger partial charge in [-0.05, 0) is 0 Å². The molecule has 0 radical (unpaired) electrons. The molecule has 1 unspecified atom stereocenters. The first kappa shape index (κ1) is 22.3. The Morgan fingerprint density at radius 3 is 0.960 bits per heavy atom. The van der Waals surface area contributed by atoms with Crippen LogP contribution in [0.25, 0.3) is 0 Å². The molecule has 0 saturated carbocycles. The minimum absolute atomic E-state index is 3.78. The minimum Gasteiger partial charge on any atom is -0.480 e. The first-order valence-corrected chi connectivity index (χ1v) is 5.22. The number of carbonyl (C=O) groups is 4. The summed E-state index contributed by atoms with van der Waals surface area (Å²) in [5, 5.41) is 33.7. The molecule has 0 bridgehead atoms. The molecule has 0 saturated heterocycles. The second-order valence-corrected chi connectivity index (χ2v) is 4.28. The van der Waals surface area contributed by atoms with Crippen LogP contribution in [0.3, 0.4) is 0 Å². The number of hydrogen-bond donors (Lipinski definition) is 4. The first-order valence-electron chi connectivity index (χ1n) is 5.22. The third-order valence-corrected chi connectivity index (χ3v) is 2.96. The zero-order valence-corrected chi connectivity index (χ0v) is 10.9. The molecule has 0 rings (SSSR count). The molecule has 1 atom stereocenters. The van der Waals surface area contributed by atoms with E-state index in [1.54, 1.807) is 0 Å². The predicted molar refractivity (Wildman–Crippen MR) is 52.8 cm³/mol. The maximum absolute atomic E-state index is 14.3. The normalized spacial score (nSPS) is 16.0. The predicted octanol–water partition coefficient (Wildman–Crippen LogP) is 0.852. The summed E-state index contributed by atoms with van der Waals surface area (Å²) >= 11 is 0. The van der Waals surface area contributed by atoms with Crippen molar-refractivity contribution in [2.24, 2.45) is 5.41 Å². The summed E-state index contributed by atoms with van der Waals surface area (Å²) < 4.78 is 104. The van der Waals surface area contributed by atoms with Gasteiger partial charge in [-0.15, -0.1) is 0 Å². The van der Waals surface area contributed by atoms with Crippen LogP contribution in [-0.2, 0) is 19.2 Å². The van der Waals surface area contributed by atoms with Crippen LogP contribution in [0, 0.1) is 5.41 Å². The van der Waals surface area contributed by atoms with Crippen molar-refractivity contribution in [1.29, 1.82) is 0 Å².